The number of hydrogen-bond acceptors (Lipinski definition) is 3. The van der Waals surface area contributed by atoms with Crippen LogP contribution in [-0.4, -0.2) is 44.4 Å². The number of nitrogens with one attached hydrogen (secondary N) is 2. The third-order valence-electron chi connectivity index (χ3n) is 7.26. The highest BCUT2D eigenvalue weighted by atomic mass is 19.1. The number of phenolic OH excluding ortho intramolecular Hbond substituents is 1. The first kappa shape index (κ1) is 18.1. The first-order valence-corrected chi connectivity index (χ1v) is 10.4. The maximum atomic E-state index is 14.4. The van der Waals surface area contributed by atoms with E-state index < -0.39 is 0 Å². The predicted molar refractivity (Wildman–Crippen MR) is 110 cm³/mol. The molecule has 148 valence electrons. The molecule has 1 spiro atoms. The van der Waals surface area contributed by atoms with E-state index in [0.717, 1.165) is 36.2 Å². The maximum absolute atomic E-state index is 14.4. The molecule has 2 aromatic carbocycles. The van der Waals surface area contributed by atoms with Crippen LogP contribution in [0, 0.1) is 5.82 Å². The van der Waals surface area contributed by atoms with Gasteiger partial charge in [0.1, 0.15) is 17.3 Å². The van der Waals surface area contributed by atoms with Crippen molar-refractivity contribution < 1.29 is 9.50 Å². The molecule has 2 atom stereocenters. The van der Waals surface area contributed by atoms with Crippen molar-refractivity contribution >= 4 is 5.69 Å². The third-order valence-corrected chi connectivity index (χ3v) is 7.26. The van der Waals surface area contributed by atoms with Crippen molar-refractivity contribution in [3.05, 3.63) is 58.9 Å². The smallest absolute Gasteiger partial charge is 0.136 e. The quantitative estimate of drug-likeness (QED) is 0.700. The molecule has 2 unspecified atom stereocenters. The molecule has 3 heterocycles. The van der Waals surface area contributed by atoms with Gasteiger partial charge in [-0.15, -0.1) is 0 Å². The second kappa shape index (κ2) is 6.55. The van der Waals surface area contributed by atoms with Gasteiger partial charge < -0.3 is 15.7 Å². The lowest BCUT2D eigenvalue weighted by molar-refractivity contribution is 0.218. The Morgan fingerprint density at radius 3 is 2.75 bits per heavy atom. The highest BCUT2D eigenvalue weighted by Crippen LogP contribution is 2.49. The number of piperidine rings is 1. The van der Waals surface area contributed by atoms with Crippen LogP contribution in [0.15, 0.2) is 36.4 Å². The number of fused-ring (bicyclic) bond motifs is 3. The summed E-state index contributed by atoms with van der Waals surface area (Å²) in [5.74, 6) is 0.00141. The molecule has 1 saturated heterocycles. The lowest BCUT2D eigenvalue weighted by Crippen LogP contribution is -2.57. The van der Waals surface area contributed by atoms with Gasteiger partial charge in [-0.3, -0.25) is 4.48 Å². The highest BCUT2D eigenvalue weighted by molar-refractivity contribution is 5.60. The number of phenols is 1. The van der Waals surface area contributed by atoms with Crippen LogP contribution in [0.25, 0.3) is 0 Å². The van der Waals surface area contributed by atoms with Gasteiger partial charge in [-0.25, -0.2) is 4.39 Å². The molecule has 0 radical (unpaired) electrons. The molecule has 0 aliphatic carbocycles. The van der Waals surface area contributed by atoms with Crippen LogP contribution < -0.4 is 15.1 Å². The van der Waals surface area contributed by atoms with E-state index in [1.54, 1.807) is 0 Å². The van der Waals surface area contributed by atoms with E-state index >= 15 is 0 Å². The van der Waals surface area contributed by atoms with Crippen LogP contribution >= 0.6 is 0 Å². The van der Waals surface area contributed by atoms with E-state index in [-0.39, 0.29) is 23.0 Å². The van der Waals surface area contributed by atoms with Crippen LogP contribution in [0.2, 0.25) is 0 Å². The number of aromatic hydroxyl groups is 1. The molecule has 1 fully saturated rings. The zero-order valence-corrected chi connectivity index (χ0v) is 16.5. The fourth-order valence-electron chi connectivity index (χ4n) is 5.98. The standard InChI is InChI=1S/C23H28FN3O/c1-27(14-16-12-17-18(13-26-16)22(28)7-6-20(17)24)15-23(8-10-25-11-9-23)19-4-2-3-5-21(19)27/h2-7,16,25-26H,8-15H2,1H3/p+1. The fraction of sp³-hybridized carbons (Fsp3) is 0.478. The first-order valence-electron chi connectivity index (χ1n) is 10.4. The second-order valence-electron chi connectivity index (χ2n) is 9.09. The van der Waals surface area contributed by atoms with Gasteiger partial charge in [-0.1, -0.05) is 18.2 Å². The van der Waals surface area contributed by atoms with Crippen molar-refractivity contribution in [2.75, 3.05) is 33.2 Å². The van der Waals surface area contributed by atoms with E-state index in [1.165, 1.54) is 36.2 Å². The topological polar surface area (TPSA) is 44.3 Å². The first-order chi connectivity index (χ1) is 13.5. The van der Waals surface area contributed by atoms with Gasteiger partial charge >= 0.3 is 0 Å². The molecule has 5 rings (SSSR count). The lowest BCUT2D eigenvalue weighted by atomic mass is 9.75. The summed E-state index contributed by atoms with van der Waals surface area (Å²) in [6.45, 7) is 4.73. The van der Waals surface area contributed by atoms with E-state index in [4.69, 9.17) is 0 Å². The molecule has 3 aliphatic rings. The fourth-order valence-corrected chi connectivity index (χ4v) is 5.98. The summed E-state index contributed by atoms with van der Waals surface area (Å²) in [5, 5.41) is 17.2. The molecule has 0 amide bonds. The van der Waals surface area contributed by atoms with Crippen molar-refractivity contribution in [1.82, 2.24) is 15.1 Å². The molecule has 0 aromatic heterocycles. The van der Waals surface area contributed by atoms with Gasteiger partial charge in [0, 0.05) is 17.7 Å². The zero-order valence-electron chi connectivity index (χ0n) is 16.5. The Balaban J connectivity index is 1.45. The summed E-state index contributed by atoms with van der Waals surface area (Å²) in [5.41, 5.74) is 4.59. The number of benzene rings is 2. The number of likely N-dealkylation sites (N-methyl/N-ethyl adjacent to an activating group) is 1. The van der Waals surface area contributed by atoms with Gasteiger partial charge in [-0.05, 0) is 56.1 Å². The minimum Gasteiger partial charge on any atom is -0.508 e. The normalized spacial score (nSPS) is 28.1. The molecule has 4 nitrogen and oxygen atoms in total. The van der Waals surface area contributed by atoms with Crippen LogP contribution in [-0.2, 0) is 18.4 Å². The molecule has 5 heteroatoms. The summed E-state index contributed by atoms with van der Waals surface area (Å²) in [7, 11) is 2.34. The Morgan fingerprint density at radius 2 is 1.93 bits per heavy atom. The summed E-state index contributed by atoms with van der Waals surface area (Å²) < 4.78 is 15.3. The number of nitrogens with zero attached hydrogens (tertiary/aromatic N) is 1. The third kappa shape index (κ3) is 2.76. The summed E-state index contributed by atoms with van der Waals surface area (Å²) in [6.07, 6.45) is 2.99. The van der Waals surface area contributed by atoms with Gasteiger partial charge in [0.2, 0.25) is 0 Å². The van der Waals surface area contributed by atoms with Crippen molar-refractivity contribution in [2.45, 2.75) is 37.3 Å². The van der Waals surface area contributed by atoms with Crippen molar-refractivity contribution in [3.8, 4) is 5.75 Å². The molecule has 3 aliphatic heterocycles. The molecule has 0 bridgehead atoms. The summed E-state index contributed by atoms with van der Waals surface area (Å²) >= 11 is 0. The minimum absolute atomic E-state index is 0.193. The number of rotatable bonds is 2. The largest absolute Gasteiger partial charge is 0.508 e. The number of para-hydroxylation sites is 1. The number of halogens is 1. The van der Waals surface area contributed by atoms with Crippen molar-refractivity contribution in [2.24, 2.45) is 0 Å². The van der Waals surface area contributed by atoms with Crippen LogP contribution in [0.5, 0.6) is 5.75 Å². The van der Waals surface area contributed by atoms with Crippen LogP contribution in [0.4, 0.5) is 10.1 Å². The van der Waals surface area contributed by atoms with Gasteiger partial charge in [-0.2, -0.15) is 0 Å². The number of quaternary nitrogens is 1. The van der Waals surface area contributed by atoms with Crippen molar-refractivity contribution in [1.29, 1.82) is 0 Å². The zero-order chi connectivity index (χ0) is 19.4. The van der Waals surface area contributed by atoms with Crippen molar-refractivity contribution in [3.63, 3.8) is 0 Å². The van der Waals surface area contributed by atoms with E-state index in [2.05, 4.69) is 41.9 Å². The van der Waals surface area contributed by atoms with Crippen LogP contribution in [0.3, 0.4) is 0 Å². The number of hydrogen-bond donors (Lipinski definition) is 3. The van der Waals surface area contributed by atoms with Gasteiger partial charge in [0.25, 0.3) is 0 Å². The molecular formula is C23H29FN3O+. The Hall–Kier alpha value is -1.95. The average molecular weight is 383 g/mol. The summed E-state index contributed by atoms with van der Waals surface area (Å²) in [4.78, 5) is 0. The monoisotopic (exact) mass is 382 g/mol. The predicted octanol–water partition coefficient (Wildman–Crippen LogP) is 2.82. The average Bonchev–Trinajstić information content (AvgIpc) is 2.94. The SMILES string of the molecule is C[N+]1(CC2Cc3c(F)ccc(O)c3CN2)CC2(CCNCC2)c2ccccc21. The molecular weight excluding hydrogens is 353 g/mol. The summed E-state index contributed by atoms with van der Waals surface area (Å²) in [6, 6.07) is 12.0. The van der Waals surface area contributed by atoms with Crippen LogP contribution in [0.1, 0.15) is 29.5 Å². The Bertz CT molecular complexity index is 909. The highest BCUT2D eigenvalue weighted by Gasteiger charge is 2.52. The van der Waals surface area contributed by atoms with Gasteiger partial charge in [0.05, 0.1) is 31.6 Å². The van der Waals surface area contributed by atoms with E-state index in [0.29, 0.717) is 18.5 Å². The molecule has 2 aromatic rings. The van der Waals surface area contributed by atoms with E-state index in [1.807, 2.05) is 0 Å². The second-order valence-corrected chi connectivity index (χ2v) is 9.09. The Morgan fingerprint density at radius 1 is 1.14 bits per heavy atom. The van der Waals surface area contributed by atoms with Gasteiger partial charge in [0.15, 0.2) is 0 Å². The minimum atomic E-state index is -0.196. The molecule has 3 N–H and O–H groups in total. The van der Waals surface area contributed by atoms with E-state index in [9.17, 15) is 9.50 Å². The maximum Gasteiger partial charge on any atom is 0.136 e. The molecule has 28 heavy (non-hydrogen) atoms. The lowest BCUT2D eigenvalue weighted by Gasteiger charge is -2.39. The Labute approximate surface area is 166 Å². The Kier molecular flexibility index (Phi) is 4.23. The molecule has 0 saturated carbocycles.